The van der Waals surface area contributed by atoms with Gasteiger partial charge in [0.1, 0.15) is 0 Å². The number of benzene rings is 2. The summed E-state index contributed by atoms with van der Waals surface area (Å²) in [6, 6.07) is 12.7. The molecule has 7 nitrogen and oxygen atoms in total. The SMILES string of the molecule is CCCCOc1ccc(/C=N\OCc2nc(-c3ccc(Cl)cc3)no2)cc1OC. The van der Waals surface area contributed by atoms with Gasteiger partial charge in [0.15, 0.2) is 18.1 Å². The molecule has 0 spiro atoms. The van der Waals surface area contributed by atoms with E-state index in [9.17, 15) is 0 Å². The zero-order valence-corrected chi connectivity index (χ0v) is 17.1. The lowest BCUT2D eigenvalue weighted by atomic mass is 10.2. The van der Waals surface area contributed by atoms with Crippen LogP contribution in [0.1, 0.15) is 31.2 Å². The molecule has 0 unspecified atom stereocenters. The molecule has 0 N–H and O–H groups in total. The summed E-state index contributed by atoms with van der Waals surface area (Å²) in [6.45, 7) is 2.84. The van der Waals surface area contributed by atoms with Crippen LogP contribution in [0, 0.1) is 0 Å². The van der Waals surface area contributed by atoms with Crippen LogP contribution in [0.4, 0.5) is 0 Å². The van der Waals surface area contributed by atoms with Crippen LogP contribution >= 0.6 is 11.6 Å². The van der Waals surface area contributed by atoms with Crippen LogP contribution in [0.2, 0.25) is 5.02 Å². The number of ether oxygens (including phenoxy) is 2. The second-order valence-corrected chi connectivity index (χ2v) is 6.58. The van der Waals surface area contributed by atoms with Gasteiger partial charge >= 0.3 is 0 Å². The molecule has 0 saturated carbocycles. The van der Waals surface area contributed by atoms with Crippen molar-refractivity contribution >= 4 is 17.8 Å². The highest BCUT2D eigenvalue weighted by molar-refractivity contribution is 6.30. The Bertz CT molecular complexity index is 941. The first-order valence-corrected chi connectivity index (χ1v) is 9.62. The molecule has 0 aliphatic heterocycles. The highest BCUT2D eigenvalue weighted by atomic mass is 35.5. The fourth-order valence-electron chi connectivity index (χ4n) is 2.43. The number of oxime groups is 1. The molecular formula is C21H22ClN3O4. The van der Waals surface area contributed by atoms with Gasteiger partial charge in [0.25, 0.3) is 5.89 Å². The molecule has 0 atom stereocenters. The standard InChI is InChI=1S/C21H22ClN3O4/c1-3-4-11-27-18-10-5-15(12-19(18)26-2)13-23-28-14-20-24-21(25-29-20)16-6-8-17(22)9-7-16/h5-10,12-13H,3-4,11,14H2,1-2H3/b23-13-. The number of hydrogen-bond acceptors (Lipinski definition) is 7. The molecule has 0 radical (unpaired) electrons. The largest absolute Gasteiger partial charge is 0.493 e. The van der Waals surface area contributed by atoms with Gasteiger partial charge in [-0.25, -0.2) is 0 Å². The van der Waals surface area contributed by atoms with Crippen molar-refractivity contribution in [3.05, 3.63) is 58.9 Å². The van der Waals surface area contributed by atoms with Gasteiger partial charge in [-0.05, 0) is 48.9 Å². The first kappa shape index (κ1) is 20.7. The Kier molecular flexibility index (Phi) is 7.47. The first-order valence-electron chi connectivity index (χ1n) is 9.24. The highest BCUT2D eigenvalue weighted by Gasteiger charge is 2.09. The van der Waals surface area contributed by atoms with Gasteiger partial charge in [-0.2, -0.15) is 4.98 Å². The molecule has 0 saturated heterocycles. The number of hydrogen-bond donors (Lipinski definition) is 0. The second-order valence-electron chi connectivity index (χ2n) is 6.14. The van der Waals surface area contributed by atoms with E-state index < -0.39 is 0 Å². The first-order chi connectivity index (χ1) is 14.2. The van der Waals surface area contributed by atoms with E-state index in [1.54, 1.807) is 25.5 Å². The van der Waals surface area contributed by atoms with E-state index in [4.69, 9.17) is 30.4 Å². The number of methoxy groups -OCH3 is 1. The maximum absolute atomic E-state index is 5.88. The number of rotatable bonds is 10. The summed E-state index contributed by atoms with van der Waals surface area (Å²) in [4.78, 5) is 9.53. The van der Waals surface area contributed by atoms with Crippen molar-refractivity contribution in [1.29, 1.82) is 0 Å². The maximum atomic E-state index is 5.88. The Labute approximate surface area is 174 Å². The van der Waals surface area contributed by atoms with Crippen LogP contribution in [-0.2, 0) is 11.4 Å². The molecule has 0 amide bonds. The maximum Gasteiger partial charge on any atom is 0.267 e. The minimum atomic E-state index is 0.0619. The molecule has 0 bridgehead atoms. The second kappa shape index (κ2) is 10.5. The molecule has 3 rings (SSSR count). The Morgan fingerprint density at radius 2 is 1.97 bits per heavy atom. The third-order valence-corrected chi connectivity index (χ3v) is 4.23. The van der Waals surface area contributed by atoms with E-state index in [1.165, 1.54) is 0 Å². The summed E-state index contributed by atoms with van der Waals surface area (Å²) in [6.07, 6.45) is 3.65. The van der Waals surface area contributed by atoms with E-state index in [1.807, 2.05) is 30.3 Å². The molecule has 29 heavy (non-hydrogen) atoms. The molecule has 0 aliphatic rings. The normalized spacial score (nSPS) is 11.0. The zero-order chi connectivity index (χ0) is 20.5. The Morgan fingerprint density at radius 3 is 2.72 bits per heavy atom. The van der Waals surface area contributed by atoms with Crippen molar-refractivity contribution in [2.45, 2.75) is 26.4 Å². The van der Waals surface area contributed by atoms with Crippen molar-refractivity contribution in [2.24, 2.45) is 5.16 Å². The molecule has 1 heterocycles. The molecule has 3 aromatic rings. The van der Waals surface area contributed by atoms with Crippen molar-refractivity contribution < 1.29 is 18.8 Å². The Hall–Kier alpha value is -3.06. The van der Waals surface area contributed by atoms with Crippen LogP contribution in [0.5, 0.6) is 11.5 Å². The number of unbranched alkanes of at least 4 members (excludes halogenated alkanes) is 1. The van der Waals surface area contributed by atoms with Crippen molar-refractivity contribution in [3.8, 4) is 22.9 Å². The summed E-state index contributed by atoms with van der Waals surface area (Å²) < 4.78 is 16.3. The van der Waals surface area contributed by atoms with Gasteiger partial charge in [0.2, 0.25) is 5.82 Å². The van der Waals surface area contributed by atoms with Crippen molar-refractivity contribution in [1.82, 2.24) is 10.1 Å². The zero-order valence-electron chi connectivity index (χ0n) is 16.3. The predicted molar refractivity (Wildman–Crippen MR) is 111 cm³/mol. The Balaban J connectivity index is 1.54. The molecule has 1 aromatic heterocycles. The van der Waals surface area contributed by atoms with Crippen LogP contribution in [-0.4, -0.2) is 30.1 Å². The highest BCUT2D eigenvalue weighted by Crippen LogP contribution is 2.27. The predicted octanol–water partition coefficient (Wildman–Crippen LogP) is 5.13. The van der Waals surface area contributed by atoms with E-state index in [0.29, 0.717) is 34.8 Å². The summed E-state index contributed by atoms with van der Waals surface area (Å²) in [5.74, 6) is 2.14. The third-order valence-electron chi connectivity index (χ3n) is 3.98. The van der Waals surface area contributed by atoms with E-state index in [0.717, 1.165) is 24.0 Å². The van der Waals surface area contributed by atoms with Crippen LogP contribution < -0.4 is 9.47 Å². The van der Waals surface area contributed by atoms with Crippen LogP contribution in [0.15, 0.2) is 52.1 Å². The van der Waals surface area contributed by atoms with Crippen molar-refractivity contribution in [3.63, 3.8) is 0 Å². The summed E-state index contributed by atoms with van der Waals surface area (Å²) in [7, 11) is 1.60. The monoisotopic (exact) mass is 415 g/mol. The minimum Gasteiger partial charge on any atom is -0.493 e. The van der Waals surface area contributed by atoms with Crippen LogP contribution in [0.3, 0.4) is 0 Å². The van der Waals surface area contributed by atoms with Gasteiger partial charge in [0.05, 0.1) is 19.9 Å². The molecule has 0 fully saturated rings. The van der Waals surface area contributed by atoms with Gasteiger partial charge < -0.3 is 18.8 Å². The fraction of sp³-hybridized carbons (Fsp3) is 0.286. The minimum absolute atomic E-state index is 0.0619. The number of aromatic nitrogens is 2. The fourth-order valence-corrected chi connectivity index (χ4v) is 2.56. The van der Waals surface area contributed by atoms with Gasteiger partial charge in [0, 0.05) is 16.1 Å². The lowest BCUT2D eigenvalue weighted by molar-refractivity contribution is 0.107. The van der Waals surface area contributed by atoms with E-state index in [2.05, 4.69) is 22.2 Å². The number of nitrogens with zero attached hydrogens (tertiary/aromatic N) is 3. The molecule has 0 aliphatic carbocycles. The van der Waals surface area contributed by atoms with E-state index >= 15 is 0 Å². The van der Waals surface area contributed by atoms with E-state index in [-0.39, 0.29) is 6.61 Å². The summed E-state index contributed by atoms with van der Waals surface area (Å²) in [5.41, 5.74) is 1.62. The Morgan fingerprint density at radius 1 is 1.14 bits per heavy atom. The molecule has 152 valence electrons. The number of halogens is 1. The van der Waals surface area contributed by atoms with Crippen molar-refractivity contribution in [2.75, 3.05) is 13.7 Å². The molecule has 2 aromatic carbocycles. The average Bonchev–Trinajstić information content (AvgIpc) is 3.21. The van der Waals surface area contributed by atoms with Gasteiger partial charge in [-0.3, -0.25) is 0 Å². The molecule has 8 heteroatoms. The smallest absolute Gasteiger partial charge is 0.267 e. The summed E-state index contributed by atoms with van der Waals surface area (Å²) in [5, 5.41) is 8.51. The van der Waals surface area contributed by atoms with Gasteiger partial charge in [-0.15, -0.1) is 0 Å². The lowest BCUT2D eigenvalue weighted by Gasteiger charge is -2.10. The van der Waals surface area contributed by atoms with Crippen LogP contribution in [0.25, 0.3) is 11.4 Å². The van der Waals surface area contributed by atoms with Gasteiger partial charge in [-0.1, -0.05) is 35.3 Å². The average molecular weight is 416 g/mol. The quantitative estimate of drug-likeness (QED) is 0.259. The third kappa shape index (κ3) is 5.96. The lowest BCUT2D eigenvalue weighted by Crippen LogP contribution is -1.99. The molecular weight excluding hydrogens is 394 g/mol. The summed E-state index contributed by atoms with van der Waals surface area (Å²) >= 11 is 5.88. The topological polar surface area (TPSA) is 79.0 Å².